The highest BCUT2D eigenvalue weighted by Crippen LogP contribution is 2.53. The van der Waals surface area contributed by atoms with Crippen LogP contribution in [0.25, 0.3) is 0 Å². The van der Waals surface area contributed by atoms with E-state index in [1.165, 1.54) is 4.90 Å². The second-order valence-corrected chi connectivity index (χ2v) is 20.1. The molecule has 0 spiro atoms. The van der Waals surface area contributed by atoms with E-state index in [1.54, 1.807) is 11.0 Å². The summed E-state index contributed by atoms with van der Waals surface area (Å²) in [6.07, 6.45) is 6.60. The summed E-state index contributed by atoms with van der Waals surface area (Å²) < 4.78 is 0. The van der Waals surface area contributed by atoms with Gasteiger partial charge in [0.2, 0.25) is 23.5 Å². The predicted octanol–water partition coefficient (Wildman–Crippen LogP) is 6.03. The fourth-order valence-corrected chi connectivity index (χ4v) is 8.73. The van der Waals surface area contributed by atoms with Crippen molar-refractivity contribution >= 4 is 41.1 Å². The maximum absolute atomic E-state index is 14.8. The monoisotopic (exact) mass is 738 g/mol. The molecule has 11 heteroatoms. The summed E-state index contributed by atoms with van der Waals surface area (Å²) in [6, 6.07) is -2.98. The lowest BCUT2D eigenvalue weighted by Crippen LogP contribution is -2.62. The molecule has 0 aromatic carbocycles. The molecule has 2 heterocycles. The van der Waals surface area contributed by atoms with Crippen LogP contribution in [0.1, 0.15) is 133 Å². The van der Waals surface area contributed by atoms with Gasteiger partial charge in [-0.05, 0) is 65.1 Å². The number of urea groups is 1. The van der Waals surface area contributed by atoms with Crippen molar-refractivity contribution < 1.29 is 33.6 Å². The van der Waals surface area contributed by atoms with Gasteiger partial charge in [-0.25, -0.2) is 4.79 Å². The SMILES string of the molecule is C=CCCC(=O)C(=O)C(CC(=O)[C@@H]1[C@H]2CCC(C)(C)[C@H]2CN1C(=O)[C@@H](NC(=O)N[C@H](CN1C(=O)CC(C)(C)CC1=O)C(C)(C)C)C(C)(C)C)CC1CC1. The Labute approximate surface area is 317 Å². The minimum Gasteiger partial charge on any atom is -0.333 e. The fraction of sp³-hybridized carbons (Fsp3) is 0.786. The van der Waals surface area contributed by atoms with E-state index in [9.17, 15) is 33.6 Å². The molecule has 4 aliphatic rings. The number of piperidine rings is 1. The Kier molecular flexibility index (Phi) is 12.6. The molecule has 2 aliphatic carbocycles. The van der Waals surface area contributed by atoms with Gasteiger partial charge in [-0.3, -0.25) is 33.7 Å². The van der Waals surface area contributed by atoms with Crippen molar-refractivity contribution in [3.8, 4) is 0 Å². The third kappa shape index (κ3) is 10.2. The molecule has 0 aromatic rings. The Morgan fingerprint density at radius 1 is 0.906 bits per heavy atom. The van der Waals surface area contributed by atoms with Crippen LogP contribution in [-0.2, 0) is 28.8 Å². The summed E-state index contributed by atoms with van der Waals surface area (Å²) in [5.74, 6) is -2.47. The van der Waals surface area contributed by atoms with Gasteiger partial charge in [0, 0.05) is 44.7 Å². The number of nitrogens with zero attached hydrogens (tertiary/aromatic N) is 2. The largest absolute Gasteiger partial charge is 0.333 e. The minimum absolute atomic E-state index is 0.0107. The first-order valence-corrected chi connectivity index (χ1v) is 19.8. The maximum atomic E-state index is 14.8. The smallest absolute Gasteiger partial charge is 0.315 e. The number of amides is 5. The molecular weight excluding hydrogens is 672 g/mol. The van der Waals surface area contributed by atoms with E-state index < -0.39 is 57.9 Å². The molecule has 53 heavy (non-hydrogen) atoms. The number of rotatable bonds is 15. The average molecular weight is 739 g/mol. The number of likely N-dealkylation sites (tertiary alicyclic amines) is 2. The van der Waals surface area contributed by atoms with E-state index in [0.29, 0.717) is 25.3 Å². The highest BCUT2D eigenvalue weighted by molar-refractivity contribution is 6.38. The maximum Gasteiger partial charge on any atom is 0.315 e. The number of carbonyl (C=O) groups is 7. The van der Waals surface area contributed by atoms with Gasteiger partial charge in [-0.15, -0.1) is 6.58 Å². The van der Waals surface area contributed by atoms with Crippen molar-refractivity contribution in [3.05, 3.63) is 12.7 Å². The summed E-state index contributed by atoms with van der Waals surface area (Å²) in [5, 5.41) is 5.91. The van der Waals surface area contributed by atoms with Crippen molar-refractivity contribution in [3.63, 3.8) is 0 Å². The Morgan fingerprint density at radius 2 is 1.51 bits per heavy atom. The van der Waals surface area contributed by atoms with Crippen LogP contribution >= 0.6 is 0 Å². The molecule has 4 fully saturated rings. The molecular formula is C42H66N4O7. The van der Waals surface area contributed by atoms with Crippen LogP contribution in [0.4, 0.5) is 4.79 Å². The Morgan fingerprint density at radius 3 is 2.04 bits per heavy atom. The van der Waals surface area contributed by atoms with Crippen molar-refractivity contribution in [2.24, 2.45) is 45.3 Å². The zero-order valence-electron chi connectivity index (χ0n) is 34.1. The lowest BCUT2D eigenvalue weighted by molar-refractivity contribution is -0.153. The quantitative estimate of drug-likeness (QED) is 0.118. The predicted molar refractivity (Wildman–Crippen MR) is 203 cm³/mol. The second-order valence-electron chi connectivity index (χ2n) is 20.1. The highest BCUT2D eigenvalue weighted by Gasteiger charge is 2.57. The highest BCUT2D eigenvalue weighted by atomic mass is 16.2. The molecule has 296 valence electrons. The molecule has 2 aliphatic heterocycles. The first-order chi connectivity index (χ1) is 24.4. The van der Waals surface area contributed by atoms with Crippen molar-refractivity contribution in [2.45, 2.75) is 152 Å². The minimum atomic E-state index is -1.01. The number of carbonyl (C=O) groups excluding carboxylic acids is 7. The molecule has 1 unspecified atom stereocenters. The van der Waals surface area contributed by atoms with Gasteiger partial charge >= 0.3 is 6.03 Å². The van der Waals surface area contributed by atoms with Crippen LogP contribution in [0.3, 0.4) is 0 Å². The lowest BCUT2D eigenvalue weighted by Gasteiger charge is -2.40. The molecule has 0 aromatic heterocycles. The molecule has 11 nitrogen and oxygen atoms in total. The molecule has 5 amide bonds. The zero-order valence-corrected chi connectivity index (χ0v) is 34.1. The molecule has 0 bridgehead atoms. The molecule has 2 N–H and O–H groups in total. The van der Waals surface area contributed by atoms with Gasteiger partial charge in [0.15, 0.2) is 11.6 Å². The number of nitrogens with one attached hydrogen (secondary N) is 2. The fourth-order valence-electron chi connectivity index (χ4n) is 8.73. The number of hydrogen-bond acceptors (Lipinski definition) is 7. The van der Waals surface area contributed by atoms with Gasteiger partial charge in [0.25, 0.3) is 0 Å². The number of hydrogen-bond donors (Lipinski definition) is 2. The molecule has 6 atom stereocenters. The lowest BCUT2D eigenvalue weighted by atomic mass is 9.78. The van der Waals surface area contributed by atoms with E-state index in [1.807, 2.05) is 55.4 Å². The normalized spacial score (nSPS) is 25.7. The van der Waals surface area contributed by atoms with E-state index in [4.69, 9.17) is 0 Å². The third-order valence-corrected chi connectivity index (χ3v) is 12.3. The topological polar surface area (TPSA) is 150 Å². The van der Waals surface area contributed by atoms with Gasteiger partial charge in [-0.1, -0.05) is 88.2 Å². The summed E-state index contributed by atoms with van der Waals surface area (Å²) in [6.45, 7) is 23.5. The van der Waals surface area contributed by atoms with E-state index in [-0.39, 0.29) is 73.0 Å². The van der Waals surface area contributed by atoms with Crippen LogP contribution in [0.5, 0.6) is 0 Å². The number of fused-ring (bicyclic) bond motifs is 1. The Bertz CT molecular complexity index is 1460. The van der Waals surface area contributed by atoms with E-state index in [2.05, 4.69) is 31.1 Å². The first kappa shape index (κ1) is 42.4. The average Bonchev–Trinajstić information content (AvgIpc) is 3.67. The summed E-state index contributed by atoms with van der Waals surface area (Å²) in [4.78, 5) is 98.3. The summed E-state index contributed by atoms with van der Waals surface area (Å²) in [7, 11) is 0. The number of Topliss-reactive ketones (excluding diaryl/α,β-unsaturated/α-hetero) is 3. The standard InChI is InChI=1S/C42H66N4O7/c1-12-13-14-29(47)35(51)26(19-25-15-16-25)20-30(48)34-27-17-18-42(10,11)28(27)23-46(34)37(52)36(40(5,6)7)44-38(53)43-31(39(2,3)4)24-45-32(49)21-41(8,9)22-33(45)50/h12,25-28,31,34,36H,1,13-24H2,2-11H3,(H2,43,44,53)/t26?,27-,28-,31+,34-,36+/m0/s1. The van der Waals surface area contributed by atoms with Gasteiger partial charge in [-0.2, -0.15) is 0 Å². The van der Waals surface area contributed by atoms with E-state index in [0.717, 1.165) is 25.7 Å². The molecule has 4 rings (SSSR count). The second kappa shape index (κ2) is 15.8. The Hall–Kier alpha value is -3.37. The molecule has 2 saturated carbocycles. The van der Waals surface area contributed by atoms with E-state index >= 15 is 0 Å². The van der Waals surface area contributed by atoms with Crippen LogP contribution in [0, 0.1) is 45.3 Å². The van der Waals surface area contributed by atoms with Gasteiger partial charge in [0.05, 0.1) is 12.1 Å². The van der Waals surface area contributed by atoms with Crippen LogP contribution < -0.4 is 10.6 Å². The number of allylic oxidation sites excluding steroid dienone is 1. The molecule has 0 radical (unpaired) electrons. The summed E-state index contributed by atoms with van der Waals surface area (Å²) >= 11 is 0. The number of imide groups is 1. The van der Waals surface area contributed by atoms with Crippen LogP contribution in [0.2, 0.25) is 0 Å². The zero-order chi connectivity index (χ0) is 39.8. The van der Waals surface area contributed by atoms with Crippen molar-refractivity contribution in [1.82, 2.24) is 20.4 Å². The van der Waals surface area contributed by atoms with Crippen LogP contribution in [-0.4, -0.2) is 82.1 Å². The van der Waals surface area contributed by atoms with Crippen molar-refractivity contribution in [2.75, 3.05) is 13.1 Å². The van der Waals surface area contributed by atoms with Gasteiger partial charge in [0.1, 0.15) is 6.04 Å². The molecule has 2 saturated heterocycles. The Balaban J connectivity index is 1.57. The number of ketones is 3. The van der Waals surface area contributed by atoms with Crippen molar-refractivity contribution in [1.29, 1.82) is 0 Å². The van der Waals surface area contributed by atoms with Gasteiger partial charge < -0.3 is 15.5 Å². The summed E-state index contributed by atoms with van der Waals surface area (Å²) in [5.41, 5.74) is -1.82. The first-order valence-electron chi connectivity index (χ1n) is 19.8. The third-order valence-electron chi connectivity index (χ3n) is 12.3. The van der Waals surface area contributed by atoms with Crippen LogP contribution in [0.15, 0.2) is 12.7 Å².